The molecule has 0 bridgehead atoms. The molecule has 0 atom stereocenters. The molecule has 0 amide bonds. The molecule has 1 heterocycles. The van der Waals surface area contributed by atoms with Gasteiger partial charge in [-0.1, -0.05) is 44.9 Å². The lowest BCUT2D eigenvalue weighted by Gasteiger charge is -2.07. The number of aryl methyl sites for hydroxylation is 3. The highest BCUT2D eigenvalue weighted by atomic mass is 16.5. The molecule has 0 saturated heterocycles. The summed E-state index contributed by atoms with van der Waals surface area (Å²) >= 11 is 0. The van der Waals surface area contributed by atoms with Crippen LogP contribution in [0.2, 0.25) is 0 Å². The maximum atomic E-state index is 5.70. The van der Waals surface area contributed by atoms with Gasteiger partial charge in [0.05, 0.1) is 6.61 Å². The molecular formula is C21H29NO. The molecule has 2 rings (SSSR count). The molecule has 0 unspecified atom stereocenters. The van der Waals surface area contributed by atoms with Gasteiger partial charge in [0.1, 0.15) is 5.75 Å². The van der Waals surface area contributed by atoms with Crippen molar-refractivity contribution < 1.29 is 4.74 Å². The normalized spacial score (nSPS) is 10.7. The summed E-state index contributed by atoms with van der Waals surface area (Å²) in [6.07, 6.45) is 9.94. The molecule has 0 aliphatic heterocycles. The third kappa shape index (κ3) is 6.43. The van der Waals surface area contributed by atoms with Crippen LogP contribution in [-0.2, 0) is 19.3 Å². The zero-order valence-electron chi connectivity index (χ0n) is 14.6. The zero-order chi connectivity index (χ0) is 16.3. The van der Waals surface area contributed by atoms with Gasteiger partial charge in [0.15, 0.2) is 0 Å². The van der Waals surface area contributed by atoms with Crippen molar-refractivity contribution in [3.63, 3.8) is 0 Å². The molecule has 0 saturated carbocycles. The Labute approximate surface area is 140 Å². The lowest BCUT2D eigenvalue weighted by molar-refractivity contribution is 0.309. The van der Waals surface area contributed by atoms with Crippen molar-refractivity contribution >= 4 is 0 Å². The minimum Gasteiger partial charge on any atom is -0.494 e. The van der Waals surface area contributed by atoms with Crippen LogP contribution in [0, 0.1) is 0 Å². The number of ether oxygens (including phenoxy) is 1. The second-order valence-corrected chi connectivity index (χ2v) is 6.11. The number of hydrogen-bond donors (Lipinski definition) is 0. The first-order valence-electron chi connectivity index (χ1n) is 8.97. The van der Waals surface area contributed by atoms with Crippen molar-refractivity contribution in [3.05, 3.63) is 59.4 Å². The van der Waals surface area contributed by atoms with Gasteiger partial charge in [-0.3, -0.25) is 4.98 Å². The molecule has 0 spiro atoms. The summed E-state index contributed by atoms with van der Waals surface area (Å²) in [7, 11) is 0. The summed E-state index contributed by atoms with van der Waals surface area (Å²) in [6, 6.07) is 12.9. The fourth-order valence-corrected chi connectivity index (χ4v) is 2.48. The molecule has 124 valence electrons. The molecule has 0 radical (unpaired) electrons. The molecule has 0 fully saturated rings. The Hall–Kier alpha value is -1.83. The van der Waals surface area contributed by atoms with E-state index in [0.717, 1.165) is 38.0 Å². The minimum absolute atomic E-state index is 0.811. The van der Waals surface area contributed by atoms with Crippen LogP contribution in [0.5, 0.6) is 5.75 Å². The first-order valence-corrected chi connectivity index (χ1v) is 8.97. The molecule has 2 heteroatoms. The highest BCUT2D eigenvalue weighted by Gasteiger charge is 2.00. The summed E-state index contributed by atoms with van der Waals surface area (Å²) in [5.74, 6) is 0.976. The molecular weight excluding hydrogens is 282 g/mol. The Morgan fingerprint density at radius 2 is 1.48 bits per heavy atom. The maximum absolute atomic E-state index is 5.70. The molecule has 2 aromatic rings. The number of nitrogens with zero attached hydrogens (tertiary/aromatic N) is 1. The number of unbranched alkanes of at least 4 members (excludes halogenated alkanes) is 2. The van der Waals surface area contributed by atoms with E-state index in [1.807, 2.05) is 6.20 Å². The fraction of sp³-hybridized carbons (Fsp3) is 0.476. The van der Waals surface area contributed by atoms with Crippen molar-refractivity contribution in [3.8, 4) is 5.75 Å². The monoisotopic (exact) mass is 311 g/mol. The van der Waals surface area contributed by atoms with Crippen LogP contribution >= 0.6 is 0 Å². The Kier molecular flexibility index (Phi) is 7.65. The van der Waals surface area contributed by atoms with Gasteiger partial charge < -0.3 is 4.74 Å². The summed E-state index contributed by atoms with van der Waals surface area (Å²) in [6.45, 7) is 5.21. The lowest BCUT2D eigenvalue weighted by atomic mass is 10.0. The Morgan fingerprint density at radius 3 is 2.13 bits per heavy atom. The number of rotatable bonds is 10. The number of aromatic nitrogens is 1. The van der Waals surface area contributed by atoms with Crippen molar-refractivity contribution in [2.45, 2.75) is 58.8 Å². The Balaban J connectivity index is 1.78. The van der Waals surface area contributed by atoms with E-state index in [0.29, 0.717) is 0 Å². The van der Waals surface area contributed by atoms with E-state index in [-0.39, 0.29) is 0 Å². The van der Waals surface area contributed by atoms with Crippen LogP contribution in [-0.4, -0.2) is 11.6 Å². The van der Waals surface area contributed by atoms with Crippen LogP contribution < -0.4 is 4.74 Å². The predicted molar refractivity (Wildman–Crippen MR) is 97.1 cm³/mol. The van der Waals surface area contributed by atoms with Crippen molar-refractivity contribution in [2.75, 3.05) is 6.61 Å². The third-order valence-corrected chi connectivity index (χ3v) is 4.06. The first-order chi connectivity index (χ1) is 11.3. The molecule has 2 nitrogen and oxygen atoms in total. The van der Waals surface area contributed by atoms with E-state index in [4.69, 9.17) is 4.74 Å². The zero-order valence-corrected chi connectivity index (χ0v) is 14.6. The van der Waals surface area contributed by atoms with E-state index in [2.05, 4.69) is 55.2 Å². The molecule has 0 N–H and O–H groups in total. The standard InChI is InChI=1S/C21H29NO/c1-3-5-7-20-13-10-19(17-22-20)9-8-18-11-14-21(15-12-18)23-16-6-4-2/h10-15,17H,3-9,16H2,1-2H3. The van der Waals surface area contributed by atoms with Crippen LogP contribution in [0.15, 0.2) is 42.6 Å². The van der Waals surface area contributed by atoms with Gasteiger partial charge in [0.2, 0.25) is 0 Å². The second kappa shape index (κ2) is 10.0. The molecule has 0 aliphatic carbocycles. The summed E-state index contributed by atoms with van der Waals surface area (Å²) < 4.78 is 5.70. The average molecular weight is 311 g/mol. The summed E-state index contributed by atoms with van der Waals surface area (Å²) in [5.41, 5.74) is 3.88. The van der Waals surface area contributed by atoms with E-state index in [9.17, 15) is 0 Å². The number of benzene rings is 1. The molecule has 23 heavy (non-hydrogen) atoms. The van der Waals surface area contributed by atoms with Crippen molar-refractivity contribution in [1.82, 2.24) is 4.98 Å². The third-order valence-electron chi connectivity index (χ3n) is 4.06. The molecule has 1 aromatic carbocycles. The predicted octanol–water partition coefficient (Wildman–Crippen LogP) is 5.39. The summed E-state index contributed by atoms with van der Waals surface area (Å²) in [5, 5.41) is 0. The Bertz CT molecular complexity index is 545. The van der Waals surface area contributed by atoms with Gasteiger partial charge >= 0.3 is 0 Å². The van der Waals surface area contributed by atoms with Gasteiger partial charge in [0, 0.05) is 11.9 Å². The largest absolute Gasteiger partial charge is 0.494 e. The van der Waals surface area contributed by atoms with Gasteiger partial charge in [-0.15, -0.1) is 0 Å². The fourth-order valence-electron chi connectivity index (χ4n) is 2.48. The van der Waals surface area contributed by atoms with E-state index in [1.54, 1.807) is 0 Å². The van der Waals surface area contributed by atoms with Crippen molar-refractivity contribution in [1.29, 1.82) is 0 Å². The van der Waals surface area contributed by atoms with Gasteiger partial charge in [-0.05, 0) is 61.4 Å². The van der Waals surface area contributed by atoms with Crippen LogP contribution in [0.1, 0.15) is 56.4 Å². The van der Waals surface area contributed by atoms with Gasteiger partial charge in [0.25, 0.3) is 0 Å². The van der Waals surface area contributed by atoms with Crippen LogP contribution in [0.4, 0.5) is 0 Å². The van der Waals surface area contributed by atoms with Crippen LogP contribution in [0.25, 0.3) is 0 Å². The summed E-state index contributed by atoms with van der Waals surface area (Å²) in [4.78, 5) is 4.56. The Morgan fingerprint density at radius 1 is 0.783 bits per heavy atom. The van der Waals surface area contributed by atoms with E-state index in [1.165, 1.54) is 36.1 Å². The lowest BCUT2D eigenvalue weighted by Crippen LogP contribution is -1.97. The van der Waals surface area contributed by atoms with Crippen molar-refractivity contribution in [2.24, 2.45) is 0 Å². The maximum Gasteiger partial charge on any atom is 0.119 e. The topological polar surface area (TPSA) is 22.1 Å². The second-order valence-electron chi connectivity index (χ2n) is 6.11. The van der Waals surface area contributed by atoms with E-state index < -0.39 is 0 Å². The molecule has 1 aromatic heterocycles. The highest BCUT2D eigenvalue weighted by Crippen LogP contribution is 2.15. The van der Waals surface area contributed by atoms with Gasteiger partial charge in [-0.25, -0.2) is 0 Å². The highest BCUT2D eigenvalue weighted by molar-refractivity contribution is 5.28. The smallest absolute Gasteiger partial charge is 0.119 e. The first kappa shape index (κ1) is 17.5. The average Bonchev–Trinajstić information content (AvgIpc) is 2.60. The number of hydrogen-bond acceptors (Lipinski definition) is 2. The minimum atomic E-state index is 0.811. The number of pyridine rings is 1. The quantitative estimate of drug-likeness (QED) is 0.549. The molecule has 0 aliphatic rings. The van der Waals surface area contributed by atoms with E-state index >= 15 is 0 Å². The van der Waals surface area contributed by atoms with Gasteiger partial charge in [-0.2, -0.15) is 0 Å². The van der Waals surface area contributed by atoms with Crippen LogP contribution in [0.3, 0.4) is 0 Å². The SMILES string of the molecule is CCCCOc1ccc(CCc2ccc(CCCC)nc2)cc1.